The molecule has 0 aliphatic carbocycles. The number of hydrogen-bond donors (Lipinski definition) is 3. The minimum absolute atomic E-state index is 0.115. The first-order valence-corrected chi connectivity index (χ1v) is 5.88. The number of nitrogens with one attached hydrogen (secondary N) is 3. The summed E-state index contributed by atoms with van der Waals surface area (Å²) in [5.41, 5.74) is 2.30. The zero-order chi connectivity index (χ0) is 13.1. The molecule has 0 bridgehead atoms. The fraction of sp³-hybridized carbons (Fsp3) is 0.167. The van der Waals surface area contributed by atoms with E-state index in [1.165, 1.54) is 6.33 Å². The van der Waals surface area contributed by atoms with Gasteiger partial charge in [-0.1, -0.05) is 0 Å². The van der Waals surface area contributed by atoms with E-state index in [0.29, 0.717) is 18.5 Å². The maximum Gasteiger partial charge on any atom is 0.251 e. The molecule has 7 nitrogen and oxygen atoms in total. The number of aromatic amines is 2. The number of carbonyl (C=O) groups excluding carboxylic acids is 1. The molecule has 1 aromatic carbocycles. The van der Waals surface area contributed by atoms with Gasteiger partial charge in [0.1, 0.15) is 12.2 Å². The molecule has 0 saturated heterocycles. The molecule has 96 valence electrons. The Morgan fingerprint density at radius 2 is 2.26 bits per heavy atom. The average molecular weight is 256 g/mol. The molecule has 0 aliphatic rings. The van der Waals surface area contributed by atoms with Gasteiger partial charge in [0, 0.05) is 18.5 Å². The molecule has 3 rings (SSSR count). The SMILES string of the molecule is O=C(NCCc1ncn[nH]1)c1ccc2nc[nH]c2c1. The first-order valence-electron chi connectivity index (χ1n) is 5.88. The van der Waals surface area contributed by atoms with Gasteiger partial charge in [-0.2, -0.15) is 5.10 Å². The summed E-state index contributed by atoms with van der Waals surface area (Å²) in [5.74, 6) is 0.639. The molecule has 0 fully saturated rings. The van der Waals surface area contributed by atoms with Crippen LogP contribution in [0.15, 0.2) is 30.9 Å². The minimum atomic E-state index is -0.115. The number of nitrogens with zero attached hydrogens (tertiary/aromatic N) is 3. The Bertz CT molecular complexity index is 687. The van der Waals surface area contributed by atoms with Crippen molar-refractivity contribution < 1.29 is 4.79 Å². The maximum atomic E-state index is 11.9. The van der Waals surface area contributed by atoms with Gasteiger partial charge in [-0.3, -0.25) is 9.89 Å². The quantitative estimate of drug-likeness (QED) is 0.638. The van der Waals surface area contributed by atoms with Gasteiger partial charge in [-0.15, -0.1) is 0 Å². The third-order valence-corrected chi connectivity index (χ3v) is 2.79. The van der Waals surface area contributed by atoms with Crippen molar-refractivity contribution in [2.24, 2.45) is 0 Å². The number of amides is 1. The third kappa shape index (κ3) is 2.44. The molecular formula is C12H12N6O. The van der Waals surface area contributed by atoms with Gasteiger partial charge in [-0.05, 0) is 18.2 Å². The van der Waals surface area contributed by atoms with Crippen molar-refractivity contribution in [2.75, 3.05) is 6.54 Å². The summed E-state index contributed by atoms with van der Waals surface area (Å²) in [5, 5.41) is 9.33. The van der Waals surface area contributed by atoms with E-state index in [0.717, 1.165) is 16.9 Å². The molecule has 0 saturated carbocycles. The standard InChI is InChI=1S/C12H12N6O/c19-12(13-4-3-11-16-7-17-18-11)8-1-2-9-10(5-8)15-6-14-9/h1-2,5-7H,3-4H2,(H,13,19)(H,14,15)(H,16,17,18). The molecule has 7 heteroatoms. The Labute approximate surface area is 108 Å². The lowest BCUT2D eigenvalue weighted by atomic mass is 10.2. The van der Waals surface area contributed by atoms with Crippen molar-refractivity contribution >= 4 is 16.9 Å². The monoisotopic (exact) mass is 256 g/mol. The molecule has 2 aromatic heterocycles. The van der Waals surface area contributed by atoms with Crippen LogP contribution in [0.25, 0.3) is 11.0 Å². The molecule has 3 aromatic rings. The predicted octanol–water partition coefficient (Wildman–Crippen LogP) is 0.653. The van der Waals surface area contributed by atoms with E-state index in [2.05, 4.69) is 30.5 Å². The lowest BCUT2D eigenvalue weighted by molar-refractivity contribution is 0.0954. The maximum absolute atomic E-state index is 11.9. The number of fused-ring (bicyclic) bond motifs is 1. The smallest absolute Gasteiger partial charge is 0.251 e. The van der Waals surface area contributed by atoms with Crippen molar-refractivity contribution in [3.05, 3.63) is 42.2 Å². The van der Waals surface area contributed by atoms with E-state index in [-0.39, 0.29) is 5.91 Å². The number of carbonyl (C=O) groups is 1. The van der Waals surface area contributed by atoms with Crippen LogP contribution in [-0.4, -0.2) is 37.6 Å². The van der Waals surface area contributed by atoms with Crippen LogP contribution in [0.2, 0.25) is 0 Å². The van der Waals surface area contributed by atoms with Crippen molar-refractivity contribution in [1.82, 2.24) is 30.5 Å². The van der Waals surface area contributed by atoms with Gasteiger partial charge in [0.15, 0.2) is 0 Å². The van der Waals surface area contributed by atoms with Crippen LogP contribution in [0.4, 0.5) is 0 Å². The zero-order valence-electron chi connectivity index (χ0n) is 10.1. The normalized spacial score (nSPS) is 10.7. The molecule has 0 unspecified atom stereocenters. The van der Waals surface area contributed by atoms with Crippen LogP contribution < -0.4 is 5.32 Å². The van der Waals surface area contributed by atoms with Crippen LogP contribution in [0.1, 0.15) is 16.2 Å². The highest BCUT2D eigenvalue weighted by molar-refractivity contribution is 5.97. The van der Waals surface area contributed by atoms with Gasteiger partial charge < -0.3 is 10.3 Å². The molecule has 0 aliphatic heterocycles. The molecule has 0 atom stereocenters. The highest BCUT2D eigenvalue weighted by atomic mass is 16.1. The molecular weight excluding hydrogens is 244 g/mol. The highest BCUT2D eigenvalue weighted by Crippen LogP contribution is 2.11. The Balaban J connectivity index is 1.63. The average Bonchev–Trinajstić information content (AvgIpc) is 3.08. The largest absolute Gasteiger partial charge is 0.352 e. The Morgan fingerprint density at radius 1 is 1.32 bits per heavy atom. The first-order chi connectivity index (χ1) is 9.33. The van der Waals surface area contributed by atoms with Gasteiger partial charge in [0.2, 0.25) is 0 Å². The number of benzene rings is 1. The summed E-state index contributed by atoms with van der Waals surface area (Å²) in [6, 6.07) is 5.36. The fourth-order valence-corrected chi connectivity index (χ4v) is 1.82. The summed E-state index contributed by atoms with van der Waals surface area (Å²) in [6.45, 7) is 0.509. The van der Waals surface area contributed by atoms with E-state index >= 15 is 0 Å². The summed E-state index contributed by atoms with van der Waals surface area (Å²) in [6.07, 6.45) is 3.68. The van der Waals surface area contributed by atoms with Gasteiger partial charge in [-0.25, -0.2) is 9.97 Å². The van der Waals surface area contributed by atoms with Crippen LogP contribution in [0, 0.1) is 0 Å². The lowest BCUT2D eigenvalue weighted by Crippen LogP contribution is -2.25. The van der Waals surface area contributed by atoms with Crippen LogP contribution >= 0.6 is 0 Å². The Kier molecular flexibility index (Phi) is 2.93. The zero-order valence-corrected chi connectivity index (χ0v) is 10.1. The van der Waals surface area contributed by atoms with Crippen molar-refractivity contribution in [1.29, 1.82) is 0 Å². The van der Waals surface area contributed by atoms with Crippen molar-refractivity contribution in [3.8, 4) is 0 Å². The first kappa shape index (κ1) is 11.4. The number of aromatic nitrogens is 5. The highest BCUT2D eigenvalue weighted by Gasteiger charge is 2.07. The van der Waals surface area contributed by atoms with Gasteiger partial charge in [0.05, 0.1) is 17.4 Å². The number of rotatable bonds is 4. The second kappa shape index (κ2) is 4.89. The summed E-state index contributed by atoms with van der Waals surface area (Å²) >= 11 is 0. The van der Waals surface area contributed by atoms with E-state index in [1.54, 1.807) is 18.5 Å². The second-order valence-corrected chi connectivity index (χ2v) is 4.07. The summed E-state index contributed by atoms with van der Waals surface area (Å²) in [4.78, 5) is 23.0. The molecule has 0 spiro atoms. The van der Waals surface area contributed by atoms with Crippen molar-refractivity contribution in [3.63, 3.8) is 0 Å². The van der Waals surface area contributed by atoms with E-state index in [1.807, 2.05) is 6.07 Å². The van der Waals surface area contributed by atoms with Crippen LogP contribution in [-0.2, 0) is 6.42 Å². The summed E-state index contributed by atoms with van der Waals surface area (Å²) < 4.78 is 0. The lowest BCUT2D eigenvalue weighted by Gasteiger charge is -2.03. The van der Waals surface area contributed by atoms with Crippen LogP contribution in [0.3, 0.4) is 0 Å². The molecule has 2 heterocycles. The van der Waals surface area contributed by atoms with E-state index in [4.69, 9.17) is 0 Å². The number of imidazole rings is 1. The second-order valence-electron chi connectivity index (χ2n) is 4.07. The number of hydrogen-bond acceptors (Lipinski definition) is 4. The molecule has 0 radical (unpaired) electrons. The summed E-state index contributed by atoms with van der Waals surface area (Å²) in [7, 11) is 0. The predicted molar refractivity (Wildman–Crippen MR) is 68.5 cm³/mol. The van der Waals surface area contributed by atoms with Gasteiger partial charge >= 0.3 is 0 Å². The van der Waals surface area contributed by atoms with Gasteiger partial charge in [0.25, 0.3) is 5.91 Å². The number of H-pyrrole nitrogens is 2. The molecule has 3 N–H and O–H groups in total. The minimum Gasteiger partial charge on any atom is -0.352 e. The van der Waals surface area contributed by atoms with Crippen LogP contribution in [0.5, 0.6) is 0 Å². The van der Waals surface area contributed by atoms with E-state index < -0.39 is 0 Å². The Hall–Kier alpha value is -2.70. The fourth-order valence-electron chi connectivity index (χ4n) is 1.82. The molecule has 19 heavy (non-hydrogen) atoms. The molecule has 1 amide bonds. The topological polar surface area (TPSA) is 99.3 Å². The Morgan fingerprint density at radius 3 is 3.11 bits per heavy atom. The van der Waals surface area contributed by atoms with E-state index in [9.17, 15) is 4.79 Å². The third-order valence-electron chi connectivity index (χ3n) is 2.79. The van der Waals surface area contributed by atoms with Crippen molar-refractivity contribution in [2.45, 2.75) is 6.42 Å².